The maximum absolute atomic E-state index is 12.5. The molecular weight excluding hydrogens is 446 g/mol. The number of nitrogens with one attached hydrogen (secondary N) is 1. The standard InChI is InChI=1S/C16H17BrClN3O4S/c1-4-25-13-6-5-11(8-14(13)26(23,24)21(2)3)20-16(22)12-7-10(17)9-19-15(12)18/h5-9H,4H2,1-3H3,(H,20,22). The summed E-state index contributed by atoms with van der Waals surface area (Å²) in [5.74, 6) is -0.303. The molecule has 2 aromatic rings. The predicted octanol–water partition coefficient (Wildman–Crippen LogP) is 3.40. The fourth-order valence-corrected chi connectivity index (χ4v) is 3.61. The third kappa shape index (κ3) is 4.53. The molecule has 1 aromatic carbocycles. The van der Waals surface area contributed by atoms with E-state index in [1.54, 1.807) is 13.0 Å². The van der Waals surface area contributed by atoms with Gasteiger partial charge in [-0.25, -0.2) is 17.7 Å². The number of halogens is 2. The zero-order chi connectivity index (χ0) is 19.5. The van der Waals surface area contributed by atoms with Gasteiger partial charge in [0.1, 0.15) is 15.8 Å². The lowest BCUT2D eigenvalue weighted by atomic mass is 10.2. The summed E-state index contributed by atoms with van der Waals surface area (Å²) >= 11 is 9.18. The number of sulfonamides is 1. The molecule has 1 heterocycles. The second-order valence-electron chi connectivity index (χ2n) is 5.33. The monoisotopic (exact) mass is 461 g/mol. The van der Waals surface area contributed by atoms with Crippen LogP contribution in [0.1, 0.15) is 17.3 Å². The molecule has 2 rings (SSSR count). The molecule has 0 radical (unpaired) electrons. The minimum Gasteiger partial charge on any atom is -0.492 e. The van der Waals surface area contributed by atoms with Gasteiger partial charge in [-0.1, -0.05) is 11.6 Å². The first kappa shape index (κ1) is 20.6. The number of aromatic nitrogens is 1. The number of hydrogen-bond donors (Lipinski definition) is 1. The summed E-state index contributed by atoms with van der Waals surface area (Å²) in [5, 5.41) is 2.66. The van der Waals surface area contributed by atoms with Gasteiger partial charge in [-0.15, -0.1) is 0 Å². The van der Waals surface area contributed by atoms with E-state index in [0.29, 0.717) is 11.1 Å². The number of rotatable bonds is 6. The Hall–Kier alpha value is -1.68. The summed E-state index contributed by atoms with van der Waals surface area (Å²) in [6.45, 7) is 2.06. The number of benzene rings is 1. The molecule has 0 fully saturated rings. The molecule has 7 nitrogen and oxygen atoms in total. The summed E-state index contributed by atoms with van der Waals surface area (Å²) in [5.41, 5.74) is 0.446. The van der Waals surface area contributed by atoms with Crippen molar-refractivity contribution < 1.29 is 17.9 Å². The number of hydrogen-bond acceptors (Lipinski definition) is 5. The summed E-state index contributed by atoms with van der Waals surface area (Å²) in [6.07, 6.45) is 1.47. The summed E-state index contributed by atoms with van der Waals surface area (Å²) in [6, 6.07) is 5.92. The first-order valence-electron chi connectivity index (χ1n) is 7.48. The number of ether oxygens (including phenoxy) is 1. The largest absolute Gasteiger partial charge is 0.492 e. The first-order chi connectivity index (χ1) is 12.2. The summed E-state index contributed by atoms with van der Waals surface area (Å²) in [4.78, 5) is 16.3. The van der Waals surface area contributed by atoms with Crippen molar-refractivity contribution in [2.45, 2.75) is 11.8 Å². The SMILES string of the molecule is CCOc1ccc(NC(=O)c2cc(Br)cnc2Cl)cc1S(=O)(=O)N(C)C. The smallest absolute Gasteiger partial charge is 0.258 e. The molecule has 0 saturated carbocycles. The third-order valence-electron chi connectivity index (χ3n) is 3.31. The van der Waals surface area contributed by atoms with Gasteiger partial charge in [-0.2, -0.15) is 0 Å². The normalized spacial score (nSPS) is 11.5. The van der Waals surface area contributed by atoms with Crippen molar-refractivity contribution in [3.8, 4) is 5.75 Å². The highest BCUT2D eigenvalue weighted by Crippen LogP contribution is 2.30. The molecule has 10 heteroatoms. The van der Waals surface area contributed by atoms with E-state index in [0.717, 1.165) is 4.31 Å². The topological polar surface area (TPSA) is 88.6 Å². The zero-order valence-corrected chi connectivity index (χ0v) is 17.4. The molecule has 0 aliphatic rings. The summed E-state index contributed by atoms with van der Waals surface area (Å²) < 4.78 is 32.1. The van der Waals surface area contributed by atoms with E-state index in [2.05, 4.69) is 26.2 Å². The van der Waals surface area contributed by atoms with Crippen molar-refractivity contribution in [1.29, 1.82) is 0 Å². The zero-order valence-electron chi connectivity index (χ0n) is 14.3. The van der Waals surface area contributed by atoms with E-state index in [1.165, 1.54) is 38.5 Å². The molecule has 0 atom stereocenters. The van der Waals surface area contributed by atoms with Crippen LogP contribution in [0.4, 0.5) is 5.69 Å². The molecule has 26 heavy (non-hydrogen) atoms. The number of anilines is 1. The van der Waals surface area contributed by atoms with Crippen molar-refractivity contribution in [2.75, 3.05) is 26.0 Å². The maximum atomic E-state index is 12.5. The Morgan fingerprint density at radius 2 is 2.04 bits per heavy atom. The highest BCUT2D eigenvalue weighted by atomic mass is 79.9. The molecule has 1 aromatic heterocycles. The van der Waals surface area contributed by atoms with Crippen LogP contribution in [0.3, 0.4) is 0 Å². The molecular formula is C16H17BrClN3O4S. The average molecular weight is 463 g/mol. The van der Waals surface area contributed by atoms with Crippen molar-refractivity contribution in [2.24, 2.45) is 0 Å². The minimum absolute atomic E-state index is 0.0396. The van der Waals surface area contributed by atoms with E-state index in [4.69, 9.17) is 16.3 Å². The Morgan fingerprint density at radius 1 is 1.35 bits per heavy atom. The van der Waals surface area contributed by atoms with E-state index in [-0.39, 0.29) is 27.0 Å². The van der Waals surface area contributed by atoms with Gasteiger partial charge in [-0.3, -0.25) is 4.79 Å². The number of amides is 1. The Bertz CT molecular complexity index is 935. The second-order valence-corrected chi connectivity index (χ2v) is 8.72. The second kappa shape index (κ2) is 8.34. The Morgan fingerprint density at radius 3 is 2.65 bits per heavy atom. The van der Waals surface area contributed by atoms with E-state index < -0.39 is 15.9 Å². The van der Waals surface area contributed by atoms with Crippen LogP contribution in [0.5, 0.6) is 5.75 Å². The molecule has 0 aliphatic heterocycles. The van der Waals surface area contributed by atoms with Crippen LogP contribution < -0.4 is 10.1 Å². The average Bonchev–Trinajstić information content (AvgIpc) is 2.58. The van der Waals surface area contributed by atoms with Crippen LogP contribution in [-0.2, 0) is 10.0 Å². The number of carbonyl (C=O) groups excluding carboxylic acids is 1. The minimum atomic E-state index is -3.76. The highest BCUT2D eigenvalue weighted by molar-refractivity contribution is 9.10. The lowest BCUT2D eigenvalue weighted by molar-refractivity contribution is 0.102. The van der Waals surface area contributed by atoms with Crippen LogP contribution in [0.15, 0.2) is 39.8 Å². The van der Waals surface area contributed by atoms with Crippen molar-refractivity contribution >= 4 is 49.1 Å². The quantitative estimate of drug-likeness (QED) is 0.665. The number of carbonyl (C=O) groups is 1. The Balaban J connectivity index is 2.42. The Kier molecular flexibility index (Phi) is 6.62. The molecule has 0 spiro atoms. The molecule has 0 bridgehead atoms. The maximum Gasteiger partial charge on any atom is 0.258 e. The van der Waals surface area contributed by atoms with Gasteiger partial charge in [0.25, 0.3) is 5.91 Å². The molecule has 1 N–H and O–H groups in total. The van der Waals surface area contributed by atoms with Crippen LogP contribution in [0.25, 0.3) is 0 Å². The van der Waals surface area contributed by atoms with Gasteiger partial charge in [0.15, 0.2) is 0 Å². The third-order valence-corrected chi connectivity index (χ3v) is 5.88. The highest BCUT2D eigenvalue weighted by Gasteiger charge is 2.23. The van der Waals surface area contributed by atoms with Gasteiger partial charge in [-0.05, 0) is 47.1 Å². The molecule has 0 aliphatic carbocycles. The van der Waals surface area contributed by atoms with Crippen LogP contribution in [0.2, 0.25) is 5.15 Å². The van der Waals surface area contributed by atoms with Crippen molar-refractivity contribution in [1.82, 2.24) is 9.29 Å². The molecule has 140 valence electrons. The van der Waals surface area contributed by atoms with Gasteiger partial charge < -0.3 is 10.1 Å². The van der Waals surface area contributed by atoms with Gasteiger partial charge in [0, 0.05) is 30.5 Å². The predicted molar refractivity (Wildman–Crippen MR) is 103 cm³/mol. The van der Waals surface area contributed by atoms with Crippen LogP contribution >= 0.6 is 27.5 Å². The number of nitrogens with zero attached hydrogens (tertiary/aromatic N) is 2. The molecule has 0 saturated heterocycles. The van der Waals surface area contributed by atoms with Gasteiger partial charge >= 0.3 is 0 Å². The van der Waals surface area contributed by atoms with E-state index in [1.807, 2.05) is 0 Å². The fourth-order valence-electron chi connectivity index (χ4n) is 2.04. The number of pyridine rings is 1. The summed E-state index contributed by atoms with van der Waals surface area (Å²) in [7, 11) is -0.917. The van der Waals surface area contributed by atoms with E-state index >= 15 is 0 Å². The Labute approximate surface area is 165 Å². The van der Waals surface area contributed by atoms with E-state index in [9.17, 15) is 13.2 Å². The van der Waals surface area contributed by atoms with Crippen LogP contribution in [0, 0.1) is 0 Å². The molecule has 1 amide bonds. The first-order valence-corrected chi connectivity index (χ1v) is 10.1. The van der Waals surface area contributed by atoms with Crippen molar-refractivity contribution in [3.05, 3.63) is 45.7 Å². The molecule has 0 unspecified atom stereocenters. The van der Waals surface area contributed by atoms with Crippen LogP contribution in [-0.4, -0.2) is 44.3 Å². The fraction of sp³-hybridized carbons (Fsp3) is 0.250. The lowest BCUT2D eigenvalue weighted by Crippen LogP contribution is -2.23. The van der Waals surface area contributed by atoms with Gasteiger partial charge in [0.2, 0.25) is 10.0 Å². The van der Waals surface area contributed by atoms with Crippen molar-refractivity contribution in [3.63, 3.8) is 0 Å². The lowest BCUT2D eigenvalue weighted by Gasteiger charge is -2.16. The van der Waals surface area contributed by atoms with Gasteiger partial charge in [0.05, 0.1) is 12.2 Å².